The molecule has 0 aliphatic carbocycles. The molecule has 1 heterocycles. The van der Waals surface area contributed by atoms with Crippen molar-refractivity contribution in [3.63, 3.8) is 0 Å². The zero-order chi connectivity index (χ0) is 18.1. The van der Waals surface area contributed by atoms with Crippen LogP contribution < -0.4 is 10.6 Å². The molecule has 2 rings (SSSR count). The van der Waals surface area contributed by atoms with Crippen LogP contribution in [-0.4, -0.2) is 35.6 Å². The van der Waals surface area contributed by atoms with Crippen molar-refractivity contribution >= 4 is 11.8 Å². The third kappa shape index (κ3) is 5.71. The molecule has 1 aromatic rings. The average molecular weight is 344 g/mol. The number of aliphatic hydroxyl groups is 1. The number of aliphatic hydroxyl groups excluding tert-OH is 1. The summed E-state index contributed by atoms with van der Waals surface area (Å²) < 4.78 is 0. The zero-order valence-corrected chi connectivity index (χ0v) is 14.8. The molecule has 1 unspecified atom stereocenters. The summed E-state index contributed by atoms with van der Waals surface area (Å²) in [4.78, 5) is 24.7. The molecule has 5 nitrogen and oxygen atoms in total. The summed E-state index contributed by atoms with van der Waals surface area (Å²) in [6, 6.07) is 6.90. The van der Waals surface area contributed by atoms with E-state index in [1.807, 2.05) is 24.3 Å². The summed E-state index contributed by atoms with van der Waals surface area (Å²) in [6.07, 6.45) is 8.25. The van der Waals surface area contributed by atoms with Gasteiger partial charge in [0.2, 0.25) is 0 Å². The lowest BCUT2D eigenvalue weighted by Crippen LogP contribution is -2.50. The summed E-state index contributed by atoms with van der Waals surface area (Å²) in [5, 5.41) is 15.8. The molecule has 0 radical (unpaired) electrons. The van der Waals surface area contributed by atoms with Gasteiger partial charge in [0.25, 0.3) is 11.8 Å². The van der Waals surface area contributed by atoms with E-state index < -0.39 is 18.1 Å². The number of allylic oxidation sites excluding steroid dienone is 1. The molecule has 136 valence electrons. The van der Waals surface area contributed by atoms with Gasteiger partial charge in [0.1, 0.15) is 0 Å². The fraction of sp³-hybridized carbons (Fsp3) is 0.500. The van der Waals surface area contributed by atoms with Gasteiger partial charge in [-0.05, 0) is 50.7 Å². The first-order chi connectivity index (χ1) is 12.1. The van der Waals surface area contributed by atoms with Crippen LogP contribution in [0.5, 0.6) is 0 Å². The third-order valence-electron chi connectivity index (χ3n) is 4.45. The summed E-state index contributed by atoms with van der Waals surface area (Å²) >= 11 is 0. The van der Waals surface area contributed by atoms with Gasteiger partial charge < -0.3 is 15.7 Å². The monoisotopic (exact) mass is 344 g/mol. The number of carbonyl (C=O) groups excluding carboxylic acids is 2. The van der Waals surface area contributed by atoms with Gasteiger partial charge in [-0.3, -0.25) is 9.59 Å². The Labute approximate surface area is 149 Å². The van der Waals surface area contributed by atoms with Gasteiger partial charge >= 0.3 is 0 Å². The number of hydrogen-bond acceptors (Lipinski definition) is 3. The quantitative estimate of drug-likeness (QED) is 0.737. The van der Waals surface area contributed by atoms with Crippen LogP contribution >= 0.6 is 0 Å². The molecular formula is C20H28N2O3. The van der Waals surface area contributed by atoms with Crippen LogP contribution in [0.2, 0.25) is 0 Å². The van der Waals surface area contributed by atoms with E-state index >= 15 is 0 Å². The maximum Gasteiger partial charge on any atom is 0.251 e. The van der Waals surface area contributed by atoms with Crippen LogP contribution in [0.25, 0.3) is 0 Å². The van der Waals surface area contributed by atoms with Gasteiger partial charge in [0.15, 0.2) is 6.10 Å². The molecule has 2 amide bonds. The third-order valence-corrected chi connectivity index (χ3v) is 4.45. The van der Waals surface area contributed by atoms with Crippen LogP contribution in [0.4, 0.5) is 0 Å². The number of aryl methyl sites for hydroxylation is 1. The van der Waals surface area contributed by atoms with E-state index in [0.29, 0.717) is 18.5 Å². The van der Waals surface area contributed by atoms with Crippen molar-refractivity contribution in [3.8, 4) is 0 Å². The first-order valence-corrected chi connectivity index (χ1v) is 9.13. The van der Waals surface area contributed by atoms with E-state index in [4.69, 9.17) is 0 Å². The highest BCUT2D eigenvalue weighted by molar-refractivity contribution is 5.96. The number of carbonyl (C=O) groups is 2. The Morgan fingerprint density at radius 2 is 2.08 bits per heavy atom. The second-order valence-electron chi connectivity index (χ2n) is 6.38. The number of likely N-dealkylation sites (N-methyl/N-ethyl adjacent to an activating group) is 1. The number of hydrogen-bond donors (Lipinski definition) is 3. The molecule has 0 bridgehead atoms. The van der Waals surface area contributed by atoms with Crippen molar-refractivity contribution in [2.24, 2.45) is 0 Å². The zero-order valence-electron chi connectivity index (χ0n) is 14.8. The number of fused-ring (bicyclic) bond motifs is 1. The van der Waals surface area contributed by atoms with Crippen LogP contribution in [-0.2, 0) is 11.2 Å². The minimum Gasteiger partial charge on any atom is -0.381 e. The minimum absolute atomic E-state index is 0.239. The van der Waals surface area contributed by atoms with Crippen molar-refractivity contribution < 1.29 is 14.7 Å². The standard InChI is InChI=1S/C20H28N2O3/c1-2-21-20(25)18(23)17-14-8-6-4-3-5-7-11-15-12-9-10-13-16(15)19(24)22-17/h6,8-10,12-13,17-18,23H,2-5,7,11,14H2,1H3,(H,21,25)(H,22,24)/b8-6-/t17-,18?/m0/s1. The van der Waals surface area contributed by atoms with Crippen LogP contribution in [0.15, 0.2) is 36.4 Å². The van der Waals surface area contributed by atoms with E-state index in [-0.39, 0.29) is 5.91 Å². The summed E-state index contributed by atoms with van der Waals surface area (Å²) in [7, 11) is 0. The van der Waals surface area contributed by atoms with Crippen LogP contribution in [0.3, 0.4) is 0 Å². The number of benzene rings is 1. The highest BCUT2D eigenvalue weighted by atomic mass is 16.3. The summed E-state index contributed by atoms with van der Waals surface area (Å²) in [5.74, 6) is -0.699. The first kappa shape index (κ1) is 19.2. The second-order valence-corrected chi connectivity index (χ2v) is 6.38. The molecule has 2 atom stereocenters. The second kappa shape index (κ2) is 9.99. The molecule has 0 saturated heterocycles. The minimum atomic E-state index is -1.27. The van der Waals surface area contributed by atoms with E-state index in [2.05, 4.69) is 16.7 Å². The summed E-state index contributed by atoms with van der Waals surface area (Å²) in [5.41, 5.74) is 1.64. The maximum absolute atomic E-state index is 12.7. The largest absolute Gasteiger partial charge is 0.381 e. The van der Waals surface area contributed by atoms with E-state index in [1.165, 1.54) is 0 Å². The Morgan fingerprint density at radius 3 is 2.88 bits per heavy atom. The van der Waals surface area contributed by atoms with Gasteiger partial charge in [-0.2, -0.15) is 0 Å². The van der Waals surface area contributed by atoms with Crippen molar-refractivity contribution in [2.45, 2.75) is 57.6 Å². The molecule has 1 aliphatic rings. The molecule has 0 spiro atoms. The highest BCUT2D eigenvalue weighted by Crippen LogP contribution is 2.15. The molecule has 0 aromatic heterocycles. The predicted molar refractivity (Wildman–Crippen MR) is 98.3 cm³/mol. The first-order valence-electron chi connectivity index (χ1n) is 9.13. The molecule has 1 aromatic carbocycles. The number of nitrogens with one attached hydrogen (secondary N) is 2. The van der Waals surface area contributed by atoms with Crippen molar-refractivity contribution in [1.82, 2.24) is 10.6 Å². The molecule has 1 aliphatic heterocycles. The smallest absolute Gasteiger partial charge is 0.251 e. The normalized spacial score (nSPS) is 21.5. The maximum atomic E-state index is 12.7. The van der Waals surface area contributed by atoms with Crippen LogP contribution in [0, 0.1) is 0 Å². The lowest BCUT2D eigenvalue weighted by Gasteiger charge is -2.23. The lowest BCUT2D eigenvalue weighted by molar-refractivity contribution is -0.130. The topological polar surface area (TPSA) is 78.4 Å². The molecule has 3 N–H and O–H groups in total. The highest BCUT2D eigenvalue weighted by Gasteiger charge is 2.27. The lowest BCUT2D eigenvalue weighted by atomic mass is 9.99. The Hall–Kier alpha value is -2.14. The fourth-order valence-corrected chi connectivity index (χ4v) is 3.05. The fourth-order valence-electron chi connectivity index (χ4n) is 3.05. The Kier molecular flexibility index (Phi) is 7.67. The Morgan fingerprint density at radius 1 is 1.28 bits per heavy atom. The Balaban J connectivity index is 2.23. The SMILES string of the molecule is CCNC(=O)C(O)[C@@H]1C/C=C\CCCCCc2ccccc2C(=O)N1. The van der Waals surface area contributed by atoms with E-state index in [0.717, 1.165) is 37.7 Å². The molecular weight excluding hydrogens is 316 g/mol. The molecule has 0 saturated carbocycles. The van der Waals surface area contributed by atoms with Gasteiger partial charge in [0.05, 0.1) is 6.04 Å². The number of rotatable bonds is 3. The molecule has 0 fully saturated rings. The van der Waals surface area contributed by atoms with E-state index in [1.54, 1.807) is 13.0 Å². The average Bonchev–Trinajstić information content (AvgIpc) is 2.63. The Bertz CT molecular complexity index is 613. The van der Waals surface area contributed by atoms with Crippen molar-refractivity contribution in [2.75, 3.05) is 6.54 Å². The summed E-state index contributed by atoms with van der Waals surface area (Å²) in [6.45, 7) is 2.24. The molecule has 25 heavy (non-hydrogen) atoms. The van der Waals surface area contributed by atoms with E-state index in [9.17, 15) is 14.7 Å². The van der Waals surface area contributed by atoms with Crippen LogP contribution in [0.1, 0.15) is 54.9 Å². The molecule has 5 heteroatoms. The number of amides is 2. The van der Waals surface area contributed by atoms with Gasteiger partial charge in [-0.15, -0.1) is 0 Å². The van der Waals surface area contributed by atoms with Gasteiger partial charge in [-0.1, -0.05) is 36.8 Å². The van der Waals surface area contributed by atoms with Crippen molar-refractivity contribution in [1.29, 1.82) is 0 Å². The van der Waals surface area contributed by atoms with Gasteiger partial charge in [-0.25, -0.2) is 0 Å². The van der Waals surface area contributed by atoms with Crippen molar-refractivity contribution in [3.05, 3.63) is 47.5 Å². The van der Waals surface area contributed by atoms with Gasteiger partial charge in [0, 0.05) is 12.1 Å². The predicted octanol–water partition coefficient (Wildman–Crippen LogP) is 2.34.